The van der Waals surface area contributed by atoms with Crippen LogP contribution in [0.2, 0.25) is 0 Å². The van der Waals surface area contributed by atoms with Crippen molar-refractivity contribution in [3.8, 4) is 0 Å². The summed E-state index contributed by atoms with van der Waals surface area (Å²) in [7, 11) is 0. The number of hydrogen-bond donors (Lipinski definition) is 0. The molecule has 0 fully saturated rings. The van der Waals surface area contributed by atoms with Crippen molar-refractivity contribution in [3.05, 3.63) is 71.8 Å². The minimum Gasteiger partial charge on any atom is -0.297 e. The average molecular weight is 353 g/mol. The van der Waals surface area contributed by atoms with E-state index in [2.05, 4.69) is 24.3 Å². The molecule has 3 nitrogen and oxygen atoms in total. The van der Waals surface area contributed by atoms with Gasteiger partial charge in [0.25, 0.3) is 0 Å². The first-order chi connectivity index (χ1) is 11.2. The summed E-state index contributed by atoms with van der Waals surface area (Å²) in [6, 6.07) is 20.2. The third-order valence-corrected chi connectivity index (χ3v) is 4.96. The van der Waals surface area contributed by atoms with Gasteiger partial charge in [-0.2, -0.15) is 0 Å². The minimum atomic E-state index is -3.46. The van der Waals surface area contributed by atoms with Crippen LogP contribution in [0.5, 0.6) is 0 Å². The fraction of sp³-hybridized carbons (Fsp3) is 0.333. The van der Waals surface area contributed by atoms with Crippen molar-refractivity contribution in [2.45, 2.75) is 25.7 Å². The SMILES string of the molecule is O=P(Cl)(OCCCc1ccccc1)OCCCc1ccccc1. The van der Waals surface area contributed by atoms with E-state index in [9.17, 15) is 4.57 Å². The average Bonchev–Trinajstić information content (AvgIpc) is 2.58. The van der Waals surface area contributed by atoms with Crippen molar-refractivity contribution in [3.63, 3.8) is 0 Å². The molecule has 0 aliphatic rings. The summed E-state index contributed by atoms with van der Waals surface area (Å²) in [5, 5.41) is 0. The van der Waals surface area contributed by atoms with Gasteiger partial charge in [0.15, 0.2) is 0 Å². The summed E-state index contributed by atoms with van der Waals surface area (Å²) in [6.07, 6.45) is 3.25. The molecule has 0 N–H and O–H groups in total. The largest absolute Gasteiger partial charge is 0.424 e. The topological polar surface area (TPSA) is 35.5 Å². The third kappa shape index (κ3) is 7.81. The highest BCUT2D eigenvalue weighted by atomic mass is 35.7. The second kappa shape index (κ2) is 9.89. The molecule has 0 aromatic heterocycles. The van der Waals surface area contributed by atoms with Crippen molar-refractivity contribution in [1.82, 2.24) is 0 Å². The second-order valence-electron chi connectivity index (χ2n) is 5.28. The Kier molecular flexibility index (Phi) is 7.84. The summed E-state index contributed by atoms with van der Waals surface area (Å²) in [5.74, 6) is 0. The predicted molar refractivity (Wildman–Crippen MR) is 94.9 cm³/mol. The number of rotatable bonds is 10. The predicted octanol–water partition coefficient (Wildman–Crippen LogP) is 5.63. The molecular formula is C18H22ClO3P. The molecule has 23 heavy (non-hydrogen) atoms. The van der Waals surface area contributed by atoms with Crippen LogP contribution in [0, 0.1) is 0 Å². The van der Waals surface area contributed by atoms with Crippen LogP contribution in [-0.2, 0) is 26.5 Å². The highest BCUT2D eigenvalue weighted by molar-refractivity contribution is 7.81. The molecule has 0 bridgehead atoms. The third-order valence-electron chi connectivity index (χ3n) is 3.40. The van der Waals surface area contributed by atoms with Gasteiger partial charge in [-0.3, -0.25) is 9.05 Å². The van der Waals surface area contributed by atoms with E-state index in [1.54, 1.807) is 0 Å². The fourth-order valence-corrected chi connectivity index (χ4v) is 3.41. The molecule has 0 saturated heterocycles. The molecule has 0 atom stereocenters. The van der Waals surface area contributed by atoms with Crippen LogP contribution >= 0.6 is 18.2 Å². The highest BCUT2D eigenvalue weighted by Crippen LogP contribution is 2.53. The number of aryl methyl sites for hydroxylation is 2. The quantitative estimate of drug-likeness (QED) is 0.410. The first-order valence-electron chi connectivity index (χ1n) is 7.82. The molecular weight excluding hydrogens is 331 g/mol. The Bertz CT molecular complexity index is 553. The Labute approximate surface area is 142 Å². The maximum Gasteiger partial charge on any atom is 0.424 e. The van der Waals surface area contributed by atoms with Crippen LogP contribution in [0.15, 0.2) is 60.7 Å². The van der Waals surface area contributed by atoms with Crippen LogP contribution in [0.25, 0.3) is 0 Å². The van der Waals surface area contributed by atoms with E-state index in [0.717, 1.165) is 25.7 Å². The van der Waals surface area contributed by atoms with Gasteiger partial charge in [-0.1, -0.05) is 60.7 Å². The number of halogens is 1. The molecule has 0 heterocycles. The van der Waals surface area contributed by atoms with Gasteiger partial charge in [0, 0.05) is 11.2 Å². The van der Waals surface area contributed by atoms with E-state index in [0.29, 0.717) is 13.2 Å². The molecule has 5 heteroatoms. The van der Waals surface area contributed by atoms with Crippen molar-refractivity contribution in [2.75, 3.05) is 13.2 Å². The van der Waals surface area contributed by atoms with Crippen LogP contribution in [0.1, 0.15) is 24.0 Å². The van der Waals surface area contributed by atoms with Crippen LogP contribution in [0.3, 0.4) is 0 Å². The molecule has 2 aromatic carbocycles. The van der Waals surface area contributed by atoms with Gasteiger partial charge in [-0.15, -0.1) is 0 Å². The Balaban J connectivity index is 1.58. The zero-order chi connectivity index (χ0) is 16.4. The summed E-state index contributed by atoms with van der Waals surface area (Å²) in [4.78, 5) is 0. The molecule has 0 spiro atoms. The zero-order valence-corrected chi connectivity index (χ0v) is 14.7. The van der Waals surface area contributed by atoms with Crippen molar-refractivity contribution >= 4 is 18.2 Å². The summed E-state index contributed by atoms with van der Waals surface area (Å²) < 4.78 is 22.4. The van der Waals surface area contributed by atoms with E-state index in [4.69, 9.17) is 20.3 Å². The van der Waals surface area contributed by atoms with Gasteiger partial charge < -0.3 is 0 Å². The molecule has 0 radical (unpaired) electrons. The normalized spacial score (nSPS) is 11.5. The van der Waals surface area contributed by atoms with E-state index in [-0.39, 0.29) is 0 Å². The summed E-state index contributed by atoms with van der Waals surface area (Å²) in [6.45, 7) is -2.81. The van der Waals surface area contributed by atoms with Crippen molar-refractivity contribution in [1.29, 1.82) is 0 Å². The van der Waals surface area contributed by atoms with Crippen molar-refractivity contribution < 1.29 is 13.6 Å². The standard InChI is InChI=1S/C18H22ClO3P/c19-23(20,21-15-7-13-17-9-3-1-4-10-17)22-16-8-14-18-11-5-2-6-12-18/h1-6,9-12H,7-8,13-16H2. The van der Waals surface area contributed by atoms with E-state index in [1.165, 1.54) is 11.1 Å². The maximum atomic E-state index is 12.0. The second-order valence-corrected chi connectivity index (χ2v) is 7.90. The molecule has 0 amide bonds. The molecule has 2 aromatic rings. The maximum absolute atomic E-state index is 12.0. The van der Waals surface area contributed by atoms with Gasteiger partial charge in [-0.25, -0.2) is 4.57 Å². The van der Waals surface area contributed by atoms with Gasteiger partial charge >= 0.3 is 6.95 Å². The van der Waals surface area contributed by atoms with Crippen LogP contribution < -0.4 is 0 Å². The number of benzene rings is 2. The first-order valence-corrected chi connectivity index (χ1v) is 10.3. The summed E-state index contributed by atoms with van der Waals surface area (Å²) >= 11 is 5.81. The van der Waals surface area contributed by atoms with Gasteiger partial charge in [0.1, 0.15) is 0 Å². The minimum absolute atomic E-state index is 0.328. The van der Waals surface area contributed by atoms with E-state index >= 15 is 0 Å². The Morgan fingerprint density at radius 3 is 1.52 bits per heavy atom. The first kappa shape index (κ1) is 18.2. The lowest BCUT2D eigenvalue weighted by Gasteiger charge is -2.12. The van der Waals surface area contributed by atoms with Crippen LogP contribution in [-0.4, -0.2) is 13.2 Å². The van der Waals surface area contributed by atoms with E-state index in [1.807, 2.05) is 36.4 Å². The van der Waals surface area contributed by atoms with E-state index < -0.39 is 6.95 Å². The molecule has 0 aliphatic heterocycles. The number of hydrogen-bond acceptors (Lipinski definition) is 3. The lowest BCUT2D eigenvalue weighted by molar-refractivity contribution is 0.214. The van der Waals surface area contributed by atoms with Crippen LogP contribution in [0.4, 0.5) is 0 Å². The van der Waals surface area contributed by atoms with Gasteiger partial charge in [-0.05, 0) is 36.8 Å². The molecule has 0 saturated carbocycles. The molecule has 2 rings (SSSR count). The molecule has 0 unspecified atom stereocenters. The lowest BCUT2D eigenvalue weighted by Crippen LogP contribution is -1.98. The molecule has 0 aliphatic carbocycles. The van der Waals surface area contributed by atoms with Gasteiger partial charge in [0.05, 0.1) is 13.2 Å². The Hall–Kier alpha value is -1.12. The Morgan fingerprint density at radius 2 is 1.13 bits per heavy atom. The van der Waals surface area contributed by atoms with Gasteiger partial charge in [0.2, 0.25) is 0 Å². The zero-order valence-electron chi connectivity index (χ0n) is 13.1. The lowest BCUT2D eigenvalue weighted by atomic mass is 10.1. The highest BCUT2D eigenvalue weighted by Gasteiger charge is 2.20. The monoisotopic (exact) mass is 352 g/mol. The Morgan fingerprint density at radius 1 is 0.739 bits per heavy atom. The summed E-state index contributed by atoms with van der Waals surface area (Å²) in [5.41, 5.74) is 2.45. The smallest absolute Gasteiger partial charge is 0.297 e. The van der Waals surface area contributed by atoms with Crippen molar-refractivity contribution in [2.24, 2.45) is 0 Å². The molecule has 124 valence electrons. The fourth-order valence-electron chi connectivity index (χ4n) is 2.23.